The Hall–Kier alpha value is -7.08. The molecule has 308 valence electrons. The van der Waals surface area contributed by atoms with Crippen LogP contribution in [0.1, 0.15) is 11.1 Å². The molecule has 0 atom stereocenters. The quantitative estimate of drug-likeness (QED) is 0.166. The van der Waals surface area contributed by atoms with Gasteiger partial charge in [0.1, 0.15) is 0 Å². The highest BCUT2D eigenvalue weighted by atomic mass is 79.9. The maximum atomic E-state index is 3.57. The van der Waals surface area contributed by atoms with Crippen LogP contribution in [0.5, 0.6) is 0 Å². The summed E-state index contributed by atoms with van der Waals surface area (Å²) in [5.74, 6) is 0. The van der Waals surface area contributed by atoms with Gasteiger partial charge in [-0.2, -0.15) is 0 Å². The van der Waals surface area contributed by atoms with Crippen LogP contribution in [0.3, 0.4) is 0 Å². The first-order valence-electron chi connectivity index (χ1n) is 22.0. The zero-order valence-corrected chi connectivity index (χ0v) is 38.5. The summed E-state index contributed by atoms with van der Waals surface area (Å²) in [4.78, 5) is 0. The van der Waals surface area contributed by atoms with Crippen molar-refractivity contribution in [3.63, 3.8) is 0 Å². The summed E-state index contributed by atoms with van der Waals surface area (Å²) in [5, 5.41) is 7.91. The second kappa shape index (κ2) is 16.8. The van der Waals surface area contributed by atoms with Gasteiger partial charge in [0, 0.05) is 61.3 Å². The van der Waals surface area contributed by atoms with Crippen LogP contribution in [0.25, 0.3) is 101 Å². The summed E-state index contributed by atoms with van der Waals surface area (Å²) in [7, 11) is 0. The third-order valence-electron chi connectivity index (χ3n) is 12.7. The number of hydrogen-bond donors (Lipinski definition) is 0. The molecule has 0 bridgehead atoms. The minimum atomic E-state index is 1.10. The molecule has 65 heavy (non-hydrogen) atoms. The normalized spacial score (nSPS) is 11.7. The second-order valence-corrected chi connectivity index (χ2v) is 19.5. The van der Waals surface area contributed by atoms with Crippen molar-refractivity contribution in [2.45, 2.75) is 6.42 Å². The molecule has 0 N–H and O–H groups in total. The van der Waals surface area contributed by atoms with E-state index in [0.29, 0.717) is 0 Å². The number of rotatable bonds is 3. The smallest absolute Gasteiger partial charge is 0.0541 e. The van der Waals surface area contributed by atoms with E-state index in [1.807, 2.05) is 22.7 Å². The van der Waals surface area contributed by atoms with Crippen LogP contribution >= 0.6 is 38.6 Å². The van der Waals surface area contributed by atoms with E-state index in [0.717, 1.165) is 10.9 Å². The Bertz CT molecular complexity index is 3780. The van der Waals surface area contributed by atoms with Gasteiger partial charge in [-0.05, 0) is 99.5 Å². The highest BCUT2D eigenvalue weighted by Gasteiger charge is 2.17. The lowest BCUT2D eigenvalue weighted by atomic mass is 10.0. The van der Waals surface area contributed by atoms with Crippen molar-refractivity contribution in [1.29, 1.82) is 0 Å². The van der Waals surface area contributed by atoms with Crippen LogP contribution in [0.4, 0.5) is 0 Å². The lowest BCUT2D eigenvalue weighted by molar-refractivity contribution is 1.19. The fourth-order valence-electron chi connectivity index (χ4n) is 9.67. The Morgan fingerprint density at radius 1 is 0.338 bits per heavy atom. The van der Waals surface area contributed by atoms with Crippen molar-refractivity contribution in [1.82, 2.24) is 4.57 Å². The monoisotopic (exact) mass is 929 g/mol. The molecule has 0 amide bonds. The summed E-state index contributed by atoms with van der Waals surface area (Å²) < 4.78 is 8.92. The van der Waals surface area contributed by atoms with Crippen molar-refractivity contribution >= 4 is 101 Å². The van der Waals surface area contributed by atoms with Gasteiger partial charge in [-0.3, -0.25) is 0 Å². The standard InChI is InChI=1S/C30H19NS.C18H11BrS.C13H10/c1-2-9-20(10-3-1)22-13-8-14-25-26-19-21(17-18-29(26)32-30(22)25)31-27-15-6-4-11-23(27)24-12-5-7-16-28(24)31;19-13-9-10-17-16(11-13)15-8-4-7-14(18(15)20-17)12-5-2-1-3-6-12;1-3-7-12-10(5-1)9-11-6-2-4-8-13(11)12/h1-19H;1-11H;1-8H,9H2. The van der Waals surface area contributed by atoms with E-state index in [4.69, 9.17) is 0 Å². The Morgan fingerprint density at radius 3 is 1.32 bits per heavy atom. The third-order valence-corrected chi connectivity index (χ3v) is 15.6. The molecule has 0 saturated heterocycles. The predicted octanol–water partition coefficient (Wildman–Crippen LogP) is 18.6. The number of aromatic nitrogens is 1. The van der Waals surface area contributed by atoms with Gasteiger partial charge in [0.05, 0.1) is 11.0 Å². The first-order chi connectivity index (χ1) is 32.2. The predicted molar refractivity (Wildman–Crippen MR) is 286 cm³/mol. The van der Waals surface area contributed by atoms with Crippen LogP contribution in [0, 0.1) is 0 Å². The van der Waals surface area contributed by atoms with Gasteiger partial charge in [-0.15, -0.1) is 22.7 Å². The lowest BCUT2D eigenvalue weighted by Gasteiger charge is -2.08. The molecule has 4 heteroatoms. The number of benzene rings is 10. The number of fused-ring (bicyclic) bond motifs is 12. The zero-order valence-electron chi connectivity index (χ0n) is 35.3. The Morgan fingerprint density at radius 2 is 0.769 bits per heavy atom. The van der Waals surface area contributed by atoms with Crippen molar-refractivity contribution in [3.8, 4) is 39.1 Å². The van der Waals surface area contributed by atoms with Gasteiger partial charge in [0.2, 0.25) is 0 Å². The highest BCUT2D eigenvalue weighted by molar-refractivity contribution is 9.10. The van der Waals surface area contributed by atoms with Gasteiger partial charge in [-0.25, -0.2) is 0 Å². The maximum Gasteiger partial charge on any atom is 0.0541 e. The van der Waals surface area contributed by atoms with E-state index in [1.165, 1.54) is 112 Å². The summed E-state index contributed by atoms with van der Waals surface area (Å²) in [6, 6.07) is 82.7. The molecule has 1 aliphatic rings. The molecule has 14 rings (SSSR count). The molecule has 13 aromatic rings. The van der Waals surface area contributed by atoms with E-state index in [-0.39, 0.29) is 0 Å². The van der Waals surface area contributed by atoms with Crippen LogP contribution in [0.2, 0.25) is 0 Å². The number of hydrogen-bond acceptors (Lipinski definition) is 2. The van der Waals surface area contributed by atoms with Crippen molar-refractivity contribution in [3.05, 3.63) is 246 Å². The molecule has 3 heterocycles. The molecule has 0 fully saturated rings. The molecule has 10 aromatic carbocycles. The minimum absolute atomic E-state index is 1.10. The van der Waals surface area contributed by atoms with E-state index >= 15 is 0 Å². The molecule has 0 aliphatic heterocycles. The van der Waals surface area contributed by atoms with E-state index < -0.39 is 0 Å². The Kier molecular flexibility index (Phi) is 10.2. The van der Waals surface area contributed by atoms with E-state index in [1.54, 1.807) is 0 Å². The van der Waals surface area contributed by atoms with Crippen molar-refractivity contribution in [2.24, 2.45) is 0 Å². The zero-order chi connectivity index (χ0) is 43.3. The topological polar surface area (TPSA) is 4.93 Å². The first kappa shape index (κ1) is 39.5. The van der Waals surface area contributed by atoms with Crippen LogP contribution in [-0.4, -0.2) is 4.57 Å². The van der Waals surface area contributed by atoms with E-state index in [2.05, 4.69) is 251 Å². The number of para-hydroxylation sites is 2. The molecular formula is C61H40BrNS2. The molecule has 1 aliphatic carbocycles. The average molecular weight is 931 g/mol. The first-order valence-corrected chi connectivity index (χ1v) is 24.4. The van der Waals surface area contributed by atoms with Crippen LogP contribution in [-0.2, 0) is 6.42 Å². The van der Waals surface area contributed by atoms with Gasteiger partial charge < -0.3 is 4.57 Å². The summed E-state index contributed by atoms with van der Waals surface area (Å²) >= 11 is 7.33. The fraction of sp³-hybridized carbons (Fsp3) is 0.0164. The summed E-state index contributed by atoms with van der Waals surface area (Å²) in [5.41, 5.74) is 14.6. The molecular weight excluding hydrogens is 891 g/mol. The summed E-state index contributed by atoms with van der Waals surface area (Å²) in [6.07, 6.45) is 1.10. The number of thiophene rings is 2. The van der Waals surface area contributed by atoms with Gasteiger partial charge in [0.15, 0.2) is 0 Å². The maximum absolute atomic E-state index is 3.57. The molecule has 0 saturated carbocycles. The van der Waals surface area contributed by atoms with Gasteiger partial charge in [0.25, 0.3) is 0 Å². The molecule has 1 nitrogen and oxygen atoms in total. The third kappa shape index (κ3) is 7.15. The van der Waals surface area contributed by atoms with Crippen molar-refractivity contribution < 1.29 is 0 Å². The Labute approximate surface area is 394 Å². The van der Waals surface area contributed by atoms with Gasteiger partial charge >= 0.3 is 0 Å². The lowest BCUT2D eigenvalue weighted by Crippen LogP contribution is -1.93. The minimum Gasteiger partial charge on any atom is -0.309 e. The van der Waals surface area contributed by atoms with Crippen LogP contribution < -0.4 is 0 Å². The molecule has 0 unspecified atom stereocenters. The fourth-order valence-corrected chi connectivity index (χ4v) is 12.5. The highest BCUT2D eigenvalue weighted by Crippen LogP contribution is 2.43. The van der Waals surface area contributed by atoms with E-state index in [9.17, 15) is 0 Å². The van der Waals surface area contributed by atoms with Gasteiger partial charge in [-0.1, -0.05) is 198 Å². The molecule has 0 radical (unpaired) electrons. The number of nitrogens with zero attached hydrogens (tertiary/aromatic N) is 1. The molecule has 0 spiro atoms. The average Bonchev–Trinajstić information content (AvgIpc) is 4.14. The molecule has 3 aromatic heterocycles. The second-order valence-electron chi connectivity index (χ2n) is 16.5. The SMILES string of the molecule is Brc1ccc2sc3c(-c4ccccc4)cccc3c2c1.c1ccc(-c2cccc3c2sc2ccc(-n4c5ccccc5c5ccccc54)cc23)cc1.c1ccc2c(c1)Cc1ccccc1-2. The Balaban J connectivity index is 0.000000114. The largest absolute Gasteiger partial charge is 0.309 e. The van der Waals surface area contributed by atoms with Crippen molar-refractivity contribution in [2.75, 3.05) is 0 Å². The number of halogens is 1. The van der Waals surface area contributed by atoms with Crippen LogP contribution in [0.15, 0.2) is 235 Å². The summed E-state index contributed by atoms with van der Waals surface area (Å²) in [6.45, 7) is 0.